The number of amides is 4. The van der Waals surface area contributed by atoms with Crippen LogP contribution in [0.15, 0.2) is 18.2 Å². The molecule has 2 N–H and O–H groups in total. The van der Waals surface area contributed by atoms with Crippen LogP contribution in [0.2, 0.25) is 0 Å². The quantitative estimate of drug-likeness (QED) is 0.499. The summed E-state index contributed by atoms with van der Waals surface area (Å²) in [5, 5.41) is 5.50. The van der Waals surface area contributed by atoms with E-state index in [1.807, 2.05) is 13.0 Å². The second-order valence-electron chi connectivity index (χ2n) is 10.1. The molecular formula is C24H33N3O6. The second-order valence-corrected chi connectivity index (χ2v) is 10.1. The first-order valence-corrected chi connectivity index (χ1v) is 11.1. The number of benzene rings is 1. The van der Waals surface area contributed by atoms with Crippen molar-refractivity contribution in [3.63, 3.8) is 0 Å². The fourth-order valence-electron chi connectivity index (χ4n) is 5.22. The molecule has 1 heterocycles. The number of carbonyl (C=O) groups excluding carboxylic acids is 4. The highest BCUT2D eigenvalue weighted by molar-refractivity contribution is 6.09. The van der Waals surface area contributed by atoms with Crippen LogP contribution in [-0.4, -0.2) is 54.0 Å². The maximum atomic E-state index is 13.2. The Balaban J connectivity index is 1.62. The van der Waals surface area contributed by atoms with Gasteiger partial charge in [-0.05, 0) is 62.1 Å². The van der Waals surface area contributed by atoms with Gasteiger partial charge in [0.1, 0.15) is 17.8 Å². The number of urea groups is 1. The van der Waals surface area contributed by atoms with Gasteiger partial charge in [-0.3, -0.25) is 19.3 Å². The molecule has 1 saturated heterocycles. The van der Waals surface area contributed by atoms with Crippen LogP contribution in [0, 0.1) is 18.3 Å². The van der Waals surface area contributed by atoms with Gasteiger partial charge in [0.15, 0.2) is 6.10 Å². The van der Waals surface area contributed by atoms with E-state index in [9.17, 15) is 19.2 Å². The second kappa shape index (κ2) is 9.03. The van der Waals surface area contributed by atoms with E-state index in [0.29, 0.717) is 24.3 Å². The summed E-state index contributed by atoms with van der Waals surface area (Å²) in [5.74, 6) is -1.07. The molecule has 180 valence electrons. The maximum absolute atomic E-state index is 13.2. The van der Waals surface area contributed by atoms with E-state index in [0.717, 1.165) is 16.9 Å². The Labute approximate surface area is 194 Å². The number of carbonyl (C=O) groups is 4. The monoisotopic (exact) mass is 459 g/mol. The summed E-state index contributed by atoms with van der Waals surface area (Å²) in [6, 6.07) is 4.70. The smallest absolute Gasteiger partial charge is 0.327 e. The molecule has 0 radical (unpaired) electrons. The van der Waals surface area contributed by atoms with E-state index < -0.39 is 42.0 Å². The van der Waals surface area contributed by atoms with Crippen LogP contribution >= 0.6 is 0 Å². The number of hydrogen-bond donors (Lipinski definition) is 2. The molecule has 3 rings (SSSR count). The van der Waals surface area contributed by atoms with Crippen molar-refractivity contribution in [2.45, 2.75) is 65.5 Å². The van der Waals surface area contributed by atoms with Crippen LogP contribution in [0.25, 0.3) is 0 Å². The molecule has 3 atom stereocenters. The highest BCUT2D eigenvalue weighted by Crippen LogP contribution is 2.46. The fraction of sp³-hybridized carbons (Fsp3) is 0.583. The molecule has 1 aliphatic carbocycles. The highest BCUT2D eigenvalue weighted by atomic mass is 16.5. The fourth-order valence-corrected chi connectivity index (χ4v) is 5.22. The number of ether oxygens (including phenoxy) is 2. The first-order chi connectivity index (χ1) is 15.4. The van der Waals surface area contributed by atoms with E-state index in [1.165, 1.54) is 14.0 Å². The Kier molecular flexibility index (Phi) is 6.72. The Hall–Kier alpha value is -3.10. The average molecular weight is 460 g/mol. The van der Waals surface area contributed by atoms with Gasteiger partial charge in [-0.15, -0.1) is 0 Å². The number of nitrogens with one attached hydrogen (secondary N) is 2. The van der Waals surface area contributed by atoms with Gasteiger partial charge in [-0.2, -0.15) is 0 Å². The zero-order chi connectivity index (χ0) is 24.6. The molecule has 4 amide bonds. The van der Waals surface area contributed by atoms with Crippen molar-refractivity contribution in [1.29, 1.82) is 0 Å². The van der Waals surface area contributed by atoms with E-state index >= 15 is 0 Å². The van der Waals surface area contributed by atoms with Crippen molar-refractivity contribution in [1.82, 2.24) is 10.2 Å². The van der Waals surface area contributed by atoms with Crippen molar-refractivity contribution >= 4 is 29.5 Å². The van der Waals surface area contributed by atoms with Crippen molar-refractivity contribution in [2.75, 3.05) is 19.0 Å². The van der Waals surface area contributed by atoms with Crippen LogP contribution in [0.4, 0.5) is 10.5 Å². The summed E-state index contributed by atoms with van der Waals surface area (Å²) in [6.45, 7) is 8.95. The number of nitrogens with zero attached hydrogens (tertiary/aromatic N) is 1. The zero-order valence-corrected chi connectivity index (χ0v) is 20.1. The summed E-state index contributed by atoms with van der Waals surface area (Å²) in [4.78, 5) is 51.7. The molecule has 2 fully saturated rings. The lowest BCUT2D eigenvalue weighted by atomic mass is 9.64. The van der Waals surface area contributed by atoms with Crippen LogP contribution < -0.4 is 15.4 Å². The lowest BCUT2D eigenvalue weighted by molar-refractivity contribution is -0.155. The Morgan fingerprint density at radius 3 is 2.61 bits per heavy atom. The van der Waals surface area contributed by atoms with Crippen LogP contribution in [0.3, 0.4) is 0 Å². The van der Waals surface area contributed by atoms with Crippen LogP contribution in [0.1, 0.15) is 52.5 Å². The zero-order valence-electron chi connectivity index (χ0n) is 20.1. The lowest BCUT2D eigenvalue weighted by Gasteiger charge is -2.43. The number of imide groups is 1. The topological polar surface area (TPSA) is 114 Å². The predicted octanol–water partition coefficient (Wildman–Crippen LogP) is 3.01. The minimum Gasteiger partial charge on any atom is -0.495 e. The summed E-state index contributed by atoms with van der Waals surface area (Å²) in [7, 11) is 1.49. The third kappa shape index (κ3) is 5.29. The van der Waals surface area contributed by atoms with Gasteiger partial charge in [-0.25, -0.2) is 4.79 Å². The van der Waals surface area contributed by atoms with Gasteiger partial charge in [0.05, 0.1) is 12.8 Å². The molecule has 1 spiro atoms. The largest absolute Gasteiger partial charge is 0.495 e. The SMILES string of the molecule is COc1ccc(C)cc1NC(=O)C(C)OC(=O)CN1C(=O)NC2(CC(C)CC(C)(C)C2)C1=O. The number of aryl methyl sites for hydroxylation is 1. The van der Waals surface area contributed by atoms with Gasteiger partial charge in [0, 0.05) is 0 Å². The summed E-state index contributed by atoms with van der Waals surface area (Å²) >= 11 is 0. The number of methoxy groups -OCH3 is 1. The van der Waals surface area contributed by atoms with E-state index in [-0.39, 0.29) is 11.3 Å². The first-order valence-electron chi connectivity index (χ1n) is 11.1. The van der Waals surface area contributed by atoms with Crippen molar-refractivity contribution < 1.29 is 28.7 Å². The number of rotatable bonds is 6. The minimum absolute atomic E-state index is 0.111. The standard InChI is InChI=1S/C24H33N3O6/c1-14-7-8-18(32-6)17(9-14)25-20(29)16(3)33-19(28)12-27-21(30)24(26-22(27)31)11-15(2)10-23(4,5)13-24/h7-9,15-16H,10-13H2,1-6H3,(H,25,29)(H,26,31). The van der Waals surface area contributed by atoms with Gasteiger partial charge in [-0.1, -0.05) is 26.8 Å². The number of hydrogen-bond acceptors (Lipinski definition) is 6. The highest BCUT2D eigenvalue weighted by Gasteiger charge is 2.56. The molecule has 1 aliphatic heterocycles. The third-order valence-electron chi connectivity index (χ3n) is 6.20. The molecule has 1 aromatic carbocycles. The summed E-state index contributed by atoms with van der Waals surface area (Å²) in [6.07, 6.45) is 0.866. The Morgan fingerprint density at radius 1 is 1.27 bits per heavy atom. The van der Waals surface area contributed by atoms with E-state index in [1.54, 1.807) is 12.1 Å². The average Bonchev–Trinajstić information content (AvgIpc) is 2.89. The van der Waals surface area contributed by atoms with Crippen molar-refractivity contribution in [2.24, 2.45) is 11.3 Å². The molecule has 2 aliphatic rings. The molecule has 1 saturated carbocycles. The molecule has 3 unspecified atom stereocenters. The van der Waals surface area contributed by atoms with E-state index in [4.69, 9.17) is 9.47 Å². The summed E-state index contributed by atoms with van der Waals surface area (Å²) < 4.78 is 10.5. The van der Waals surface area contributed by atoms with Crippen LogP contribution in [0.5, 0.6) is 5.75 Å². The molecule has 1 aromatic rings. The van der Waals surface area contributed by atoms with Gasteiger partial charge in [0.25, 0.3) is 11.8 Å². The van der Waals surface area contributed by atoms with Crippen LogP contribution in [-0.2, 0) is 19.1 Å². The lowest BCUT2D eigenvalue weighted by Crippen LogP contribution is -2.54. The number of anilines is 1. The Bertz CT molecular complexity index is 975. The predicted molar refractivity (Wildman–Crippen MR) is 122 cm³/mol. The molecule has 9 nitrogen and oxygen atoms in total. The molecular weight excluding hydrogens is 426 g/mol. The molecule has 0 aromatic heterocycles. The van der Waals surface area contributed by atoms with Gasteiger partial charge >= 0.3 is 12.0 Å². The van der Waals surface area contributed by atoms with Crippen molar-refractivity contribution in [3.8, 4) is 5.75 Å². The third-order valence-corrected chi connectivity index (χ3v) is 6.20. The molecule has 33 heavy (non-hydrogen) atoms. The normalized spacial score (nSPS) is 24.9. The summed E-state index contributed by atoms with van der Waals surface area (Å²) in [5.41, 5.74) is 0.267. The van der Waals surface area contributed by atoms with Gasteiger partial charge in [0.2, 0.25) is 0 Å². The first kappa shape index (κ1) is 24.5. The Morgan fingerprint density at radius 2 is 1.97 bits per heavy atom. The minimum atomic E-state index is -1.13. The van der Waals surface area contributed by atoms with E-state index in [2.05, 4.69) is 31.4 Å². The molecule has 0 bridgehead atoms. The van der Waals surface area contributed by atoms with Gasteiger partial charge < -0.3 is 20.1 Å². The number of esters is 1. The molecule has 9 heteroatoms. The maximum Gasteiger partial charge on any atom is 0.327 e. The van der Waals surface area contributed by atoms with Crippen molar-refractivity contribution in [3.05, 3.63) is 23.8 Å².